The van der Waals surface area contributed by atoms with Crippen LogP contribution in [0.2, 0.25) is 0 Å². The van der Waals surface area contributed by atoms with Crippen molar-refractivity contribution in [3.05, 3.63) is 279 Å². The quantitative estimate of drug-likeness (QED) is 0.101. The van der Waals surface area contributed by atoms with Gasteiger partial charge in [-0.15, -0.1) is 0 Å². The summed E-state index contributed by atoms with van der Waals surface area (Å²) >= 11 is 0. The van der Waals surface area contributed by atoms with E-state index in [0.29, 0.717) is 0 Å². The summed E-state index contributed by atoms with van der Waals surface area (Å²) in [6, 6.07) is 103. The number of nitrogens with zero attached hydrogens (tertiary/aromatic N) is 2. The summed E-state index contributed by atoms with van der Waals surface area (Å²) in [5, 5.41) is 10.4. The highest BCUT2D eigenvalue weighted by Gasteiger charge is 2.43. The SMILES string of the molecule is c1ccc(-c2ccc([Si](c3ccccc3)(c3ccccc3)c3cccc4c3c3ccccc3n4-c3ccc4c5ccccc5n(-c5ccccc5-c5cccc(-c6ccccc6)c5)c4c3)cc2)cc1. The zero-order valence-electron chi connectivity index (χ0n) is 38.0. The molecular weight excluding hydrogens is 849 g/mol. The molecule has 11 aromatic carbocycles. The highest BCUT2D eigenvalue weighted by Crippen LogP contribution is 2.40. The van der Waals surface area contributed by atoms with Gasteiger partial charge in [0.1, 0.15) is 0 Å². The molecule has 0 bridgehead atoms. The second kappa shape index (κ2) is 16.8. The fraction of sp³-hybridized carbons (Fsp3) is 0. The van der Waals surface area contributed by atoms with Crippen LogP contribution in [0.4, 0.5) is 0 Å². The van der Waals surface area contributed by atoms with Gasteiger partial charge in [-0.1, -0.05) is 237 Å². The Balaban J connectivity index is 1.06. The van der Waals surface area contributed by atoms with Crippen molar-refractivity contribution in [1.82, 2.24) is 9.13 Å². The number of benzene rings is 11. The Labute approximate surface area is 403 Å². The summed E-state index contributed by atoms with van der Waals surface area (Å²) in [6.45, 7) is 0. The van der Waals surface area contributed by atoms with Crippen LogP contribution in [0.1, 0.15) is 0 Å². The minimum absolute atomic E-state index is 1.12. The van der Waals surface area contributed by atoms with E-state index in [0.717, 1.165) is 11.4 Å². The van der Waals surface area contributed by atoms with Crippen molar-refractivity contribution >= 4 is 72.4 Å². The van der Waals surface area contributed by atoms with E-state index in [1.807, 2.05) is 0 Å². The normalized spacial score (nSPS) is 11.8. The van der Waals surface area contributed by atoms with Gasteiger partial charge in [-0.05, 0) is 91.0 Å². The van der Waals surface area contributed by atoms with Crippen LogP contribution in [0, 0.1) is 0 Å². The van der Waals surface area contributed by atoms with E-state index in [1.54, 1.807) is 0 Å². The molecule has 0 aliphatic carbocycles. The molecule has 324 valence electrons. The van der Waals surface area contributed by atoms with Crippen molar-refractivity contribution in [3.8, 4) is 44.8 Å². The maximum Gasteiger partial charge on any atom is 0.180 e. The Bertz CT molecular complexity index is 3940. The van der Waals surface area contributed by atoms with Crippen molar-refractivity contribution in [2.45, 2.75) is 0 Å². The number of para-hydroxylation sites is 3. The van der Waals surface area contributed by atoms with Gasteiger partial charge in [0, 0.05) is 32.8 Å². The predicted molar refractivity (Wildman–Crippen MR) is 295 cm³/mol. The summed E-state index contributed by atoms with van der Waals surface area (Å²) < 4.78 is 5.00. The summed E-state index contributed by atoms with van der Waals surface area (Å²) in [4.78, 5) is 0. The van der Waals surface area contributed by atoms with Crippen LogP contribution < -0.4 is 20.7 Å². The van der Waals surface area contributed by atoms with Gasteiger partial charge in [-0.25, -0.2) is 0 Å². The average Bonchev–Trinajstić information content (AvgIpc) is 3.95. The van der Waals surface area contributed by atoms with Gasteiger partial charge in [0.15, 0.2) is 8.07 Å². The van der Waals surface area contributed by atoms with Crippen molar-refractivity contribution in [2.24, 2.45) is 0 Å². The highest BCUT2D eigenvalue weighted by molar-refractivity contribution is 7.20. The van der Waals surface area contributed by atoms with Crippen LogP contribution in [0.15, 0.2) is 279 Å². The van der Waals surface area contributed by atoms with Crippen LogP contribution in [-0.4, -0.2) is 17.2 Å². The first-order chi connectivity index (χ1) is 34.3. The monoisotopic (exact) mass is 894 g/mol. The third-order valence-corrected chi connectivity index (χ3v) is 19.1. The number of aromatic nitrogens is 2. The number of hydrogen-bond donors (Lipinski definition) is 0. The topological polar surface area (TPSA) is 9.86 Å². The molecule has 0 aliphatic heterocycles. The summed E-state index contributed by atoms with van der Waals surface area (Å²) in [7, 11) is -2.99. The Morgan fingerprint density at radius 1 is 0.261 bits per heavy atom. The molecule has 2 nitrogen and oxygen atoms in total. The second-order valence-corrected chi connectivity index (χ2v) is 21.8. The lowest BCUT2D eigenvalue weighted by Gasteiger charge is -2.35. The lowest BCUT2D eigenvalue weighted by Crippen LogP contribution is -2.74. The maximum atomic E-state index is 2.51. The Morgan fingerprint density at radius 3 is 1.43 bits per heavy atom. The highest BCUT2D eigenvalue weighted by atomic mass is 28.3. The molecule has 2 aromatic heterocycles. The zero-order valence-corrected chi connectivity index (χ0v) is 39.0. The van der Waals surface area contributed by atoms with E-state index in [1.165, 1.54) is 97.7 Å². The minimum atomic E-state index is -2.99. The van der Waals surface area contributed by atoms with E-state index in [2.05, 4.69) is 288 Å². The summed E-state index contributed by atoms with van der Waals surface area (Å²) in [5.41, 5.74) is 14.2. The van der Waals surface area contributed by atoms with Gasteiger partial charge in [-0.3, -0.25) is 0 Å². The Hall–Kier alpha value is -8.76. The predicted octanol–water partition coefficient (Wildman–Crippen LogP) is 14.3. The third-order valence-electron chi connectivity index (χ3n) is 14.3. The standard InChI is InChI=1S/C66H46N2Si/c1-5-21-47(22-6-1)49-39-42-55(43-40-49)69(53-27-9-3-10-28-53,54-29-11-4-12-30-54)65-38-20-37-63-66(65)59-33-15-18-36-62(59)67(63)52-41-44-58-57-32-14-17-35-61(57)68(64(58)46-52)60-34-16-13-31-56(60)51-26-19-25-50(45-51)48-23-7-2-8-24-48/h1-46H. The summed E-state index contributed by atoms with van der Waals surface area (Å²) in [5.74, 6) is 0. The van der Waals surface area contributed by atoms with Crippen LogP contribution in [-0.2, 0) is 0 Å². The van der Waals surface area contributed by atoms with E-state index in [9.17, 15) is 0 Å². The van der Waals surface area contributed by atoms with Crippen molar-refractivity contribution < 1.29 is 0 Å². The fourth-order valence-corrected chi connectivity index (χ4v) is 16.2. The van der Waals surface area contributed by atoms with Crippen LogP contribution >= 0.6 is 0 Å². The van der Waals surface area contributed by atoms with E-state index in [-0.39, 0.29) is 0 Å². The first kappa shape index (κ1) is 40.5. The number of fused-ring (bicyclic) bond motifs is 6. The molecule has 0 aliphatic rings. The van der Waals surface area contributed by atoms with Crippen LogP contribution in [0.5, 0.6) is 0 Å². The van der Waals surface area contributed by atoms with Gasteiger partial charge in [-0.2, -0.15) is 0 Å². The van der Waals surface area contributed by atoms with E-state index >= 15 is 0 Å². The Morgan fingerprint density at radius 2 is 0.739 bits per heavy atom. The minimum Gasteiger partial charge on any atom is -0.309 e. The van der Waals surface area contributed by atoms with Crippen LogP contribution in [0.3, 0.4) is 0 Å². The van der Waals surface area contributed by atoms with E-state index in [4.69, 9.17) is 0 Å². The fourth-order valence-electron chi connectivity index (χ4n) is 11.3. The molecule has 0 amide bonds. The van der Waals surface area contributed by atoms with Gasteiger partial charge in [0.25, 0.3) is 0 Å². The van der Waals surface area contributed by atoms with Gasteiger partial charge in [0.2, 0.25) is 0 Å². The molecule has 69 heavy (non-hydrogen) atoms. The van der Waals surface area contributed by atoms with Crippen molar-refractivity contribution in [1.29, 1.82) is 0 Å². The number of rotatable bonds is 9. The molecule has 13 rings (SSSR count). The third kappa shape index (κ3) is 6.62. The molecule has 2 heterocycles. The molecule has 3 heteroatoms. The second-order valence-electron chi connectivity index (χ2n) is 18.0. The smallest absolute Gasteiger partial charge is 0.180 e. The summed E-state index contributed by atoms with van der Waals surface area (Å²) in [6.07, 6.45) is 0. The lowest BCUT2D eigenvalue weighted by atomic mass is 9.98. The molecular formula is C66H46N2Si. The molecule has 0 fully saturated rings. The maximum absolute atomic E-state index is 2.99. The molecule has 13 aromatic rings. The van der Waals surface area contributed by atoms with Crippen molar-refractivity contribution in [2.75, 3.05) is 0 Å². The lowest BCUT2D eigenvalue weighted by molar-refractivity contribution is 1.16. The van der Waals surface area contributed by atoms with Crippen molar-refractivity contribution in [3.63, 3.8) is 0 Å². The molecule has 0 unspecified atom stereocenters. The van der Waals surface area contributed by atoms with E-state index < -0.39 is 8.07 Å². The molecule has 0 saturated heterocycles. The Kier molecular flexibility index (Phi) is 9.88. The van der Waals surface area contributed by atoms with Gasteiger partial charge < -0.3 is 9.13 Å². The first-order valence-electron chi connectivity index (χ1n) is 23.8. The van der Waals surface area contributed by atoms with Gasteiger partial charge >= 0.3 is 0 Å². The average molecular weight is 895 g/mol. The molecule has 0 saturated carbocycles. The number of hydrogen-bond acceptors (Lipinski definition) is 0. The molecule has 0 radical (unpaired) electrons. The first-order valence-corrected chi connectivity index (χ1v) is 25.8. The molecule has 0 spiro atoms. The van der Waals surface area contributed by atoms with Gasteiger partial charge in [0.05, 0.1) is 27.8 Å². The molecule has 0 atom stereocenters. The molecule has 0 N–H and O–H groups in total. The zero-order chi connectivity index (χ0) is 45.7. The largest absolute Gasteiger partial charge is 0.309 e. The van der Waals surface area contributed by atoms with Crippen LogP contribution in [0.25, 0.3) is 88.4 Å².